The smallest absolute Gasteiger partial charge is 0.319 e. The van der Waals surface area contributed by atoms with Crippen LogP contribution in [-0.4, -0.2) is 83.7 Å². The van der Waals surface area contributed by atoms with Gasteiger partial charge in [-0.15, -0.1) is 0 Å². The Labute approximate surface area is 188 Å². The van der Waals surface area contributed by atoms with Gasteiger partial charge in [-0.1, -0.05) is 11.6 Å². The third kappa shape index (κ3) is 3.26. The molecule has 32 heavy (non-hydrogen) atoms. The monoisotopic (exact) mass is 467 g/mol. The summed E-state index contributed by atoms with van der Waals surface area (Å²) in [6, 6.07) is -0.0560. The number of nitrogens with zero attached hydrogens (tertiary/aromatic N) is 5. The molecule has 3 fully saturated rings. The van der Waals surface area contributed by atoms with Crippen LogP contribution in [0.4, 0.5) is 14.6 Å². The molecule has 172 valence electrons. The van der Waals surface area contributed by atoms with Gasteiger partial charge in [-0.2, -0.15) is 15.0 Å². The number of hydrogen-bond acceptors (Lipinski definition) is 8. The molecular weight excluding hydrogens is 444 g/mol. The summed E-state index contributed by atoms with van der Waals surface area (Å²) >= 11 is 6.05. The van der Waals surface area contributed by atoms with Crippen molar-refractivity contribution < 1.29 is 23.0 Å². The van der Waals surface area contributed by atoms with E-state index in [1.807, 2.05) is 0 Å². The minimum absolute atomic E-state index is 0.0152. The quantitative estimate of drug-likeness (QED) is 0.638. The molecule has 0 unspecified atom stereocenters. The van der Waals surface area contributed by atoms with Gasteiger partial charge in [0.15, 0.2) is 11.0 Å². The number of fused-ring (bicyclic) bond motifs is 3. The maximum Gasteiger partial charge on any atom is 0.319 e. The van der Waals surface area contributed by atoms with Crippen LogP contribution in [-0.2, 0) is 4.74 Å². The van der Waals surface area contributed by atoms with Crippen LogP contribution in [0.3, 0.4) is 0 Å². The van der Waals surface area contributed by atoms with E-state index in [-0.39, 0.29) is 40.7 Å². The van der Waals surface area contributed by atoms with Crippen LogP contribution in [0.1, 0.15) is 25.7 Å². The predicted octanol–water partition coefficient (Wildman–Crippen LogP) is 2.76. The number of aromatic nitrogens is 3. The van der Waals surface area contributed by atoms with Crippen LogP contribution in [0.25, 0.3) is 10.9 Å². The van der Waals surface area contributed by atoms with Crippen LogP contribution in [0.5, 0.6) is 11.9 Å². The fraction of sp³-hybridized carbons (Fsp3) is 0.667. The summed E-state index contributed by atoms with van der Waals surface area (Å²) in [6.07, 6.45) is 2.24. The molecule has 0 aliphatic carbocycles. The summed E-state index contributed by atoms with van der Waals surface area (Å²) in [7, 11) is 0. The van der Waals surface area contributed by atoms with Gasteiger partial charge in [0.25, 0.3) is 0 Å². The van der Waals surface area contributed by atoms with Crippen LogP contribution in [0.15, 0.2) is 0 Å². The standard InChI is InChI=1S/C21H24ClF2N5O3/c22-17-15(24)16-14-18(29-5-2-6-30-9-13(29)10-31-19(14)26-17)27-20(25-16)32-11-21-3-1-4-28(21)8-12(23)7-21/h12-13H,1-11H2/t12-,13+,21+/m1/s1. The van der Waals surface area contributed by atoms with E-state index < -0.39 is 12.0 Å². The van der Waals surface area contributed by atoms with Gasteiger partial charge in [-0.05, 0) is 25.8 Å². The predicted molar refractivity (Wildman–Crippen MR) is 113 cm³/mol. The van der Waals surface area contributed by atoms with Crippen molar-refractivity contribution in [3.05, 3.63) is 11.0 Å². The molecule has 0 radical (unpaired) electrons. The molecule has 0 N–H and O–H groups in total. The Bertz CT molecular complexity index is 1060. The molecule has 3 saturated heterocycles. The molecule has 0 bridgehead atoms. The fourth-order valence-electron chi connectivity index (χ4n) is 5.52. The van der Waals surface area contributed by atoms with Gasteiger partial charge in [-0.25, -0.2) is 8.78 Å². The first-order chi connectivity index (χ1) is 15.5. The highest BCUT2D eigenvalue weighted by Crippen LogP contribution is 2.42. The van der Waals surface area contributed by atoms with Gasteiger partial charge in [0.05, 0.1) is 18.2 Å². The highest BCUT2D eigenvalue weighted by atomic mass is 35.5. The molecular formula is C21H24ClF2N5O3. The molecule has 6 heterocycles. The zero-order valence-electron chi connectivity index (χ0n) is 17.5. The highest BCUT2D eigenvalue weighted by molar-refractivity contribution is 6.30. The highest BCUT2D eigenvalue weighted by Gasteiger charge is 2.49. The molecule has 2 aromatic heterocycles. The van der Waals surface area contributed by atoms with E-state index >= 15 is 4.39 Å². The van der Waals surface area contributed by atoms with Gasteiger partial charge in [0.2, 0.25) is 5.88 Å². The van der Waals surface area contributed by atoms with E-state index in [4.69, 9.17) is 25.8 Å². The summed E-state index contributed by atoms with van der Waals surface area (Å²) in [5, 5.41) is 0.0714. The van der Waals surface area contributed by atoms with E-state index in [1.165, 1.54) is 0 Å². The topological polar surface area (TPSA) is 72.8 Å². The molecule has 0 spiro atoms. The van der Waals surface area contributed by atoms with Gasteiger partial charge in [0, 0.05) is 26.1 Å². The van der Waals surface area contributed by atoms with Crippen LogP contribution in [0, 0.1) is 5.82 Å². The van der Waals surface area contributed by atoms with Crippen LogP contribution < -0.4 is 14.4 Å². The Balaban J connectivity index is 1.42. The SMILES string of the molecule is Fc1c(Cl)nc2c3c(nc(OC[C@@]45CCCN4C[C@H](F)C5)nc13)N1CCCOC[C@H]1CO2. The average Bonchev–Trinajstić information content (AvgIpc) is 3.12. The maximum absolute atomic E-state index is 15.0. The lowest BCUT2D eigenvalue weighted by molar-refractivity contribution is 0.107. The van der Waals surface area contributed by atoms with E-state index in [0.717, 1.165) is 25.8 Å². The second kappa shape index (κ2) is 7.78. The summed E-state index contributed by atoms with van der Waals surface area (Å²) in [5.41, 5.74) is -0.338. The van der Waals surface area contributed by atoms with Crippen molar-refractivity contribution in [2.24, 2.45) is 0 Å². The van der Waals surface area contributed by atoms with Crippen molar-refractivity contribution >= 4 is 28.3 Å². The Morgan fingerprint density at radius 2 is 2.09 bits per heavy atom. The minimum atomic E-state index is -0.860. The molecule has 0 amide bonds. The van der Waals surface area contributed by atoms with E-state index in [1.54, 1.807) is 0 Å². The van der Waals surface area contributed by atoms with E-state index in [2.05, 4.69) is 24.8 Å². The lowest BCUT2D eigenvalue weighted by Crippen LogP contribution is -2.43. The second-order valence-corrected chi connectivity index (χ2v) is 9.38. The first-order valence-electron chi connectivity index (χ1n) is 11.1. The third-order valence-electron chi connectivity index (χ3n) is 7.03. The van der Waals surface area contributed by atoms with Gasteiger partial charge < -0.3 is 19.1 Å². The number of anilines is 1. The van der Waals surface area contributed by atoms with Crippen molar-refractivity contribution in [1.29, 1.82) is 0 Å². The first-order valence-corrected chi connectivity index (χ1v) is 11.5. The van der Waals surface area contributed by atoms with Crippen molar-refractivity contribution in [3.8, 4) is 11.9 Å². The van der Waals surface area contributed by atoms with Crippen molar-refractivity contribution in [2.45, 2.75) is 43.4 Å². The second-order valence-electron chi connectivity index (χ2n) is 9.03. The molecule has 0 aromatic carbocycles. The van der Waals surface area contributed by atoms with Crippen LogP contribution in [0.2, 0.25) is 5.15 Å². The Kier molecular flexibility index (Phi) is 5.00. The number of hydrogen-bond donors (Lipinski definition) is 0. The van der Waals surface area contributed by atoms with Crippen LogP contribution >= 0.6 is 11.6 Å². The van der Waals surface area contributed by atoms with Crippen molar-refractivity contribution in [1.82, 2.24) is 19.9 Å². The summed E-state index contributed by atoms with van der Waals surface area (Å²) in [6.45, 7) is 3.62. The molecule has 11 heteroatoms. The van der Waals surface area contributed by atoms with Gasteiger partial charge in [0.1, 0.15) is 36.1 Å². The molecule has 4 aliphatic rings. The zero-order valence-corrected chi connectivity index (χ0v) is 18.3. The van der Waals surface area contributed by atoms with Crippen molar-refractivity contribution in [2.75, 3.05) is 51.0 Å². The molecule has 6 rings (SSSR count). The lowest BCUT2D eigenvalue weighted by atomic mass is 9.95. The fourth-order valence-corrected chi connectivity index (χ4v) is 5.69. The zero-order chi connectivity index (χ0) is 21.9. The molecule has 3 atom stereocenters. The normalized spacial score (nSPS) is 29.9. The molecule has 4 aliphatic heterocycles. The van der Waals surface area contributed by atoms with Crippen molar-refractivity contribution in [3.63, 3.8) is 0 Å². The Morgan fingerprint density at radius 3 is 3.00 bits per heavy atom. The lowest BCUT2D eigenvalue weighted by Gasteiger charge is -2.31. The molecule has 2 aromatic rings. The minimum Gasteiger partial charge on any atom is -0.475 e. The number of rotatable bonds is 3. The molecule has 0 saturated carbocycles. The largest absolute Gasteiger partial charge is 0.475 e. The average molecular weight is 468 g/mol. The van der Waals surface area contributed by atoms with Gasteiger partial charge in [-0.3, -0.25) is 4.90 Å². The Hall–Kier alpha value is -2.04. The number of alkyl halides is 1. The number of halogens is 3. The Morgan fingerprint density at radius 1 is 1.19 bits per heavy atom. The first kappa shape index (κ1) is 20.6. The maximum atomic E-state index is 15.0. The molecule has 8 nitrogen and oxygen atoms in total. The summed E-state index contributed by atoms with van der Waals surface area (Å²) in [4.78, 5) is 17.3. The van der Waals surface area contributed by atoms with E-state index in [9.17, 15) is 4.39 Å². The summed E-state index contributed by atoms with van der Waals surface area (Å²) < 4.78 is 46.8. The number of ether oxygens (including phenoxy) is 3. The third-order valence-corrected chi connectivity index (χ3v) is 7.28. The summed E-state index contributed by atoms with van der Waals surface area (Å²) in [5.74, 6) is -0.0262. The van der Waals surface area contributed by atoms with Gasteiger partial charge >= 0.3 is 6.01 Å². The van der Waals surface area contributed by atoms with E-state index in [0.29, 0.717) is 50.5 Å². The number of pyridine rings is 1.